The first-order valence-electron chi connectivity index (χ1n) is 4.21. The lowest BCUT2D eigenvalue weighted by molar-refractivity contribution is 0.475. The summed E-state index contributed by atoms with van der Waals surface area (Å²) in [6, 6.07) is 6.49. The van der Waals surface area contributed by atoms with Crippen LogP contribution in [0.25, 0.3) is 11.4 Å². The summed E-state index contributed by atoms with van der Waals surface area (Å²) >= 11 is 1.92. The van der Waals surface area contributed by atoms with Gasteiger partial charge >= 0.3 is 0 Å². The van der Waals surface area contributed by atoms with Crippen molar-refractivity contribution in [3.8, 4) is 17.1 Å². The Bertz CT molecular complexity index is 534. The third kappa shape index (κ3) is 2.17. The SMILES string of the molecule is O=c1[nH]c(-c2ccc(O)cc2)ncc1I. The first-order chi connectivity index (χ1) is 7.16. The topological polar surface area (TPSA) is 66.0 Å². The Morgan fingerprint density at radius 2 is 1.93 bits per heavy atom. The van der Waals surface area contributed by atoms with Crippen molar-refractivity contribution in [1.82, 2.24) is 9.97 Å². The minimum atomic E-state index is -0.159. The Kier molecular flexibility index (Phi) is 2.72. The van der Waals surface area contributed by atoms with E-state index in [0.717, 1.165) is 5.56 Å². The molecule has 0 aliphatic carbocycles. The van der Waals surface area contributed by atoms with Crippen molar-refractivity contribution in [1.29, 1.82) is 0 Å². The third-order valence-corrected chi connectivity index (χ3v) is 2.67. The maximum Gasteiger partial charge on any atom is 0.264 e. The molecule has 0 saturated heterocycles. The van der Waals surface area contributed by atoms with Crippen molar-refractivity contribution in [3.63, 3.8) is 0 Å². The molecule has 0 fully saturated rings. The summed E-state index contributed by atoms with van der Waals surface area (Å²) in [6.45, 7) is 0. The number of benzene rings is 1. The number of hydrogen-bond acceptors (Lipinski definition) is 3. The zero-order valence-electron chi connectivity index (χ0n) is 7.57. The first kappa shape index (κ1) is 10.2. The van der Waals surface area contributed by atoms with Gasteiger partial charge in [0, 0.05) is 11.8 Å². The highest BCUT2D eigenvalue weighted by Crippen LogP contribution is 2.17. The monoisotopic (exact) mass is 314 g/mol. The van der Waals surface area contributed by atoms with Gasteiger partial charge in [0.15, 0.2) is 0 Å². The largest absolute Gasteiger partial charge is 0.508 e. The van der Waals surface area contributed by atoms with Gasteiger partial charge < -0.3 is 10.1 Å². The van der Waals surface area contributed by atoms with Gasteiger partial charge in [-0.3, -0.25) is 4.79 Å². The lowest BCUT2D eigenvalue weighted by Gasteiger charge is -2.00. The molecule has 2 rings (SSSR count). The summed E-state index contributed by atoms with van der Waals surface area (Å²) in [4.78, 5) is 18.1. The molecule has 0 radical (unpaired) electrons. The van der Waals surface area contributed by atoms with Gasteiger partial charge in [-0.1, -0.05) is 0 Å². The van der Waals surface area contributed by atoms with E-state index >= 15 is 0 Å². The van der Waals surface area contributed by atoms with E-state index in [-0.39, 0.29) is 11.3 Å². The number of hydrogen-bond donors (Lipinski definition) is 2. The second-order valence-electron chi connectivity index (χ2n) is 2.96. The predicted octanol–water partition coefficient (Wildman–Crippen LogP) is 1.75. The molecule has 0 amide bonds. The number of aromatic hydroxyl groups is 1. The number of nitrogens with zero attached hydrogens (tertiary/aromatic N) is 1. The summed E-state index contributed by atoms with van der Waals surface area (Å²) < 4.78 is 0.551. The number of rotatable bonds is 1. The minimum Gasteiger partial charge on any atom is -0.508 e. The van der Waals surface area contributed by atoms with Gasteiger partial charge in [-0.25, -0.2) is 4.98 Å². The Morgan fingerprint density at radius 1 is 1.27 bits per heavy atom. The van der Waals surface area contributed by atoms with Crippen LogP contribution in [-0.4, -0.2) is 15.1 Å². The molecule has 4 nitrogen and oxygen atoms in total. The average Bonchev–Trinajstić information content (AvgIpc) is 2.23. The molecule has 0 spiro atoms. The highest BCUT2D eigenvalue weighted by atomic mass is 127. The van der Waals surface area contributed by atoms with Crippen LogP contribution in [-0.2, 0) is 0 Å². The molecule has 1 heterocycles. The molecule has 15 heavy (non-hydrogen) atoms. The molecule has 5 heteroatoms. The van der Waals surface area contributed by atoms with Crippen LogP contribution in [0.15, 0.2) is 35.3 Å². The van der Waals surface area contributed by atoms with Crippen LogP contribution in [0.2, 0.25) is 0 Å². The Labute approximate surface area is 99.1 Å². The number of halogens is 1. The van der Waals surface area contributed by atoms with E-state index in [2.05, 4.69) is 9.97 Å². The van der Waals surface area contributed by atoms with E-state index in [1.165, 1.54) is 6.20 Å². The molecule has 0 aliphatic heterocycles. The van der Waals surface area contributed by atoms with Crippen molar-refractivity contribution >= 4 is 22.6 Å². The van der Waals surface area contributed by atoms with Crippen LogP contribution in [0.1, 0.15) is 0 Å². The normalized spacial score (nSPS) is 10.2. The zero-order valence-corrected chi connectivity index (χ0v) is 9.72. The summed E-state index contributed by atoms with van der Waals surface area (Å²) in [7, 11) is 0. The van der Waals surface area contributed by atoms with Crippen molar-refractivity contribution in [2.24, 2.45) is 0 Å². The Hall–Kier alpha value is -1.37. The molecule has 76 valence electrons. The van der Waals surface area contributed by atoms with Crippen LogP contribution in [0, 0.1) is 3.57 Å². The van der Waals surface area contributed by atoms with E-state index in [9.17, 15) is 4.79 Å². The van der Waals surface area contributed by atoms with Crippen molar-refractivity contribution in [3.05, 3.63) is 44.4 Å². The van der Waals surface area contributed by atoms with Gasteiger partial charge in [0.1, 0.15) is 11.6 Å². The molecule has 1 aromatic carbocycles. The maximum atomic E-state index is 11.3. The van der Waals surface area contributed by atoms with Gasteiger partial charge in [-0.2, -0.15) is 0 Å². The fraction of sp³-hybridized carbons (Fsp3) is 0. The molecule has 1 aromatic heterocycles. The number of phenols is 1. The Morgan fingerprint density at radius 3 is 2.53 bits per heavy atom. The van der Waals surface area contributed by atoms with Crippen LogP contribution >= 0.6 is 22.6 Å². The summed E-state index contributed by atoms with van der Waals surface area (Å²) in [6.07, 6.45) is 1.52. The summed E-state index contributed by atoms with van der Waals surface area (Å²) in [5.41, 5.74) is 0.606. The van der Waals surface area contributed by atoms with E-state index in [4.69, 9.17) is 5.11 Å². The molecule has 0 bridgehead atoms. The van der Waals surface area contributed by atoms with Gasteiger partial charge in [0.25, 0.3) is 5.56 Å². The highest BCUT2D eigenvalue weighted by molar-refractivity contribution is 14.1. The van der Waals surface area contributed by atoms with Crippen molar-refractivity contribution in [2.45, 2.75) is 0 Å². The van der Waals surface area contributed by atoms with Crippen LogP contribution in [0.5, 0.6) is 5.75 Å². The zero-order chi connectivity index (χ0) is 10.8. The van der Waals surface area contributed by atoms with Crippen LogP contribution in [0.3, 0.4) is 0 Å². The van der Waals surface area contributed by atoms with Crippen molar-refractivity contribution in [2.75, 3.05) is 0 Å². The summed E-state index contributed by atoms with van der Waals surface area (Å²) in [5, 5.41) is 9.11. The number of aromatic amines is 1. The number of phenolic OH excluding ortho intramolecular Hbond substituents is 1. The highest BCUT2D eigenvalue weighted by Gasteiger charge is 2.02. The molecule has 0 unspecified atom stereocenters. The maximum absolute atomic E-state index is 11.3. The first-order valence-corrected chi connectivity index (χ1v) is 5.29. The smallest absolute Gasteiger partial charge is 0.264 e. The Balaban J connectivity index is 2.50. The lowest BCUT2D eigenvalue weighted by Crippen LogP contribution is -2.11. The average molecular weight is 314 g/mol. The number of aromatic nitrogens is 2. The molecular formula is C10H7IN2O2. The van der Waals surface area contributed by atoms with Crippen LogP contribution < -0.4 is 5.56 Å². The van der Waals surface area contributed by atoms with E-state index in [0.29, 0.717) is 9.39 Å². The predicted molar refractivity (Wildman–Crippen MR) is 64.7 cm³/mol. The second kappa shape index (κ2) is 4.01. The van der Waals surface area contributed by atoms with E-state index in [1.54, 1.807) is 24.3 Å². The fourth-order valence-corrected chi connectivity index (χ4v) is 1.42. The quantitative estimate of drug-likeness (QED) is 0.788. The second-order valence-corrected chi connectivity index (χ2v) is 4.12. The minimum absolute atomic E-state index is 0.159. The standard InChI is InChI=1S/C10H7IN2O2/c11-8-5-12-9(13-10(8)15)6-1-3-7(14)4-2-6/h1-5,14H,(H,12,13,15). The fourth-order valence-electron chi connectivity index (χ4n) is 1.15. The molecule has 2 aromatic rings. The molecule has 0 saturated carbocycles. The lowest BCUT2D eigenvalue weighted by atomic mass is 10.2. The number of H-pyrrole nitrogens is 1. The molecular weight excluding hydrogens is 307 g/mol. The number of nitrogens with one attached hydrogen (secondary N) is 1. The molecule has 0 aliphatic rings. The van der Waals surface area contributed by atoms with Crippen molar-refractivity contribution < 1.29 is 5.11 Å². The molecule has 0 atom stereocenters. The van der Waals surface area contributed by atoms with Gasteiger partial charge in [0.05, 0.1) is 3.57 Å². The van der Waals surface area contributed by atoms with Gasteiger partial charge in [0.2, 0.25) is 0 Å². The van der Waals surface area contributed by atoms with Crippen LogP contribution in [0.4, 0.5) is 0 Å². The third-order valence-electron chi connectivity index (χ3n) is 1.90. The summed E-state index contributed by atoms with van der Waals surface area (Å²) in [5.74, 6) is 0.687. The van der Waals surface area contributed by atoms with Gasteiger partial charge in [-0.15, -0.1) is 0 Å². The molecule has 2 N–H and O–H groups in total. The van der Waals surface area contributed by atoms with E-state index < -0.39 is 0 Å². The van der Waals surface area contributed by atoms with E-state index in [1.807, 2.05) is 22.6 Å². The van der Waals surface area contributed by atoms with Gasteiger partial charge in [-0.05, 0) is 46.9 Å².